The highest BCUT2D eigenvalue weighted by Crippen LogP contribution is 2.26. The second-order valence-corrected chi connectivity index (χ2v) is 6.32. The van der Waals surface area contributed by atoms with Crippen LogP contribution in [0.1, 0.15) is 36.6 Å². The van der Waals surface area contributed by atoms with E-state index in [1.165, 1.54) is 0 Å². The first-order valence-corrected chi connectivity index (χ1v) is 8.40. The minimum absolute atomic E-state index is 0.388. The molecule has 2 nitrogen and oxygen atoms in total. The van der Waals surface area contributed by atoms with Crippen molar-refractivity contribution >= 4 is 11.4 Å². The lowest BCUT2D eigenvalue weighted by atomic mass is 10.1. The van der Waals surface area contributed by atoms with Gasteiger partial charge in [-0.2, -0.15) is 13.2 Å². The van der Waals surface area contributed by atoms with E-state index in [2.05, 4.69) is 10.3 Å². The van der Waals surface area contributed by atoms with Crippen molar-refractivity contribution in [3.8, 4) is 0 Å². The molecule has 0 heterocycles. The molecule has 0 spiro atoms. The van der Waals surface area contributed by atoms with Crippen LogP contribution < -0.4 is 5.32 Å². The van der Waals surface area contributed by atoms with Crippen LogP contribution in [-0.2, 0) is 0 Å². The maximum atomic E-state index is 13.5. The van der Waals surface area contributed by atoms with Gasteiger partial charge in [0.2, 0.25) is 0 Å². The predicted molar refractivity (Wildman–Crippen MR) is 102 cm³/mol. The minimum Gasteiger partial charge on any atom is -0.359 e. The Balaban J connectivity index is 2.32. The molecule has 0 unspecified atom stereocenters. The maximum absolute atomic E-state index is 13.5. The van der Waals surface area contributed by atoms with Crippen molar-refractivity contribution in [1.29, 1.82) is 0 Å². The number of para-hydroxylation sites is 1. The Kier molecular flexibility index (Phi) is 6.24. The summed E-state index contributed by atoms with van der Waals surface area (Å²) in [5.41, 5.74) is 2.99. The summed E-state index contributed by atoms with van der Waals surface area (Å²) in [4.78, 5) is 3.92. The van der Waals surface area contributed by atoms with Crippen LogP contribution in [0.2, 0.25) is 0 Å². The van der Waals surface area contributed by atoms with Crippen molar-refractivity contribution in [2.45, 2.75) is 39.9 Å². The molecule has 0 aromatic heterocycles. The molecule has 0 aliphatic rings. The number of halogens is 3. The van der Waals surface area contributed by atoms with Crippen LogP contribution in [0.25, 0.3) is 0 Å². The van der Waals surface area contributed by atoms with Gasteiger partial charge in [0, 0.05) is 11.4 Å². The summed E-state index contributed by atoms with van der Waals surface area (Å²) < 4.78 is 40.4. The second-order valence-electron chi connectivity index (χ2n) is 6.32. The van der Waals surface area contributed by atoms with Crippen molar-refractivity contribution in [3.05, 3.63) is 77.0 Å². The zero-order valence-electron chi connectivity index (χ0n) is 15.4. The van der Waals surface area contributed by atoms with E-state index in [1.807, 2.05) is 38.1 Å². The Morgan fingerprint density at radius 1 is 1.00 bits per heavy atom. The largest absolute Gasteiger partial charge is 0.432 e. The van der Waals surface area contributed by atoms with Gasteiger partial charge in [-0.1, -0.05) is 48.5 Å². The number of allylic oxidation sites excluding steroid dienone is 2. The topological polar surface area (TPSA) is 24.4 Å². The third-order valence-electron chi connectivity index (χ3n) is 4.06. The van der Waals surface area contributed by atoms with Crippen molar-refractivity contribution in [1.82, 2.24) is 0 Å². The molecule has 0 radical (unpaired) electrons. The molecule has 0 aliphatic heterocycles. The van der Waals surface area contributed by atoms with Crippen LogP contribution >= 0.6 is 0 Å². The van der Waals surface area contributed by atoms with Gasteiger partial charge >= 0.3 is 6.18 Å². The molecule has 1 N–H and O–H groups in total. The molecule has 0 fully saturated rings. The van der Waals surface area contributed by atoms with E-state index in [1.54, 1.807) is 38.1 Å². The fraction of sp³-hybridized carbons (Fsp3) is 0.286. The molecule has 5 heteroatoms. The Hall–Kier alpha value is -2.56. The van der Waals surface area contributed by atoms with Gasteiger partial charge in [0.25, 0.3) is 0 Å². The van der Waals surface area contributed by atoms with Gasteiger partial charge in [-0.05, 0) is 50.5 Å². The number of alkyl halides is 3. The van der Waals surface area contributed by atoms with E-state index in [4.69, 9.17) is 0 Å². The third kappa shape index (κ3) is 5.22. The summed E-state index contributed by atoms with van der Waals surface area (Å²) in [7, 11) is 0. The molecule has 0 amide bonds. The summed E-state index contributed by atoms with van der Waals surface area (Å²) in [5.74, 6) is 0. The monoisotopic (exact) mass is 360 g/mol. The standard InChI is InChI=1S/C21H23F3N2/c1-14-9-8-10-15(2)20(14)25-16(3)13-19(21(22,23)24)26-17(4)18-11-6-5-7-12-18/h5-13,17,25H,1-4H3/b16-13-,26-19?/t17-/m0/s1. The van der Waals surface area contributed by atoms with E-state index in [0.29, 0.717) is 5.70 Å². The van der Waals surface area contributed by atoms with Crippen LogP contribution in [-0.4, -0.2) is 11.9 Å². The van der Waals surface area contributed by atoms with E-state index < -0.39 is 17.9 Å². The maximum Gasteiger partial charge on any atom is 0.432 e. The normalized spacial score (nSPS) is 14.3. The average Bonchev–Trinajstić information content (AvgIpc) is 2.57. The van der Waals surface area contributed by atoms with Gasteiger partial charge in [-0.25, -0.2) is 0 Å². The molecule has 0 aliphatic carbocycles. The van der Waals surface area contributed by atoms with Crippen molar-refractivity contribution in [3.63, 3.8) is 0 Å². The molecule has 0 saturated heterocycles. The molecule has 0 saturated carbocycles. The van der Waals surface area contributed by atoms with Gasteiger partial charge in [-0.15, -0.1) is 0 Å². The average molecular weight is 360 g/mol. The van der Waals surface area contributed by atoms with E-state index >= 15 is 0 Å². The molecule has 138 valence electrons. The number of nitrogens with one attached hydrogen (secondary N) is 1. The first-order chi connectivity index (χ1) is 12.2. The number of hydrogen-bond acceptors (Lipinski definition) is 2. The summed E-state index contributed by atoms with van der Waals surface area (Å²) in [6.45, 7) is 7.10. The number of nitrogens with zero attached hydrogens (tertiary/aromatic N) is 1. The van der Waals surface area contributed by atoms with E-state index in [-0.39, 0.29) is 0 Å². The van der Waals surface area contributed by atoms with Crippen LogP contribution in [0.5, 0.6) is 0 Å². The smallest absolute Gasteiger partial charge is 0.359 e. The van der Waals surface area contributed by atoms with Crippen LogP contribution in [0.3, 0.4) is 0 Å². The van der Waals surface area contributed by atoms with Gasteiger partial charge in [0.15, 0.2) is 0 Å². The lowest BCUT2D eigenvalue weighted by Gasteiger charge is -2.15. The molecular formula is C21H23F3N2. The molecular weight excluding hydrogens is 337 g/mol. The second kappa shape index (κ2) is 8.21. The minimum atomic E-state index is -4.52. The van der Waals surface area contributed by atoms with Crippen LogP contribution in [0, 0.1) is 13.8 Å². The summed E-state index contributed by atoms with van der Waals surface area (Å²) in [5, 5.41) is 3.07. The molecule has 2 aromatic carbocycles. The van der Waals surface area contributed by atoms with Gasteiger partial charge in [0.05, 0.1) is 6.04 Å². The van der Waals surface area contributed by atoms with Gasteiger partial charge in [-0.3, -0.25) is 4.99 Å². The number of hydrogen-bond donors (Lipinski definition) is 1. The molecule has 1 atom stereocenters. The molecule has 2 aromatic rings. The fourth-order valence-electron chi connectivity index (χ4n) is 2.66. The highest BCUT2D eigenvalue weighted by molar-refractivity contribution is 6.00. The predicted octanol–water partition coefficient (Wildman–Crippen LogP) is 6.38. The number of aliphatic imine (C=N–C) groups is 1. The summed E-state index contributed by atoms with van der Waals surface area (Å²) in [6, 6.07) is 14.1. The fourth-order valence-corrected chi connectivity index (χ4v) is 2.66. The highest BCUT2D eigenvalue weighted by Gasteiger charge is 2.34. The first-order valence-electron chi connectivity index (χ1n) is 8.40. The Morgan fingerprint density at radius 3 is 2.12 bits per heavy atom. The molecule has 0 bridgehead atoms. The van der Waals surface area contributed by atoms with E-state index in [9.17, 15) is 13.2 Å². The van der Waals surface area contributed by atoms with Gasteiger partial charge in [0.1, 0.15) is 5.71 Å². The lowest BCUT2D eigenvalue weighted by Crippen LogP contribution is -2.22. The van der Waals surface area contributed by atoms with Crippen molar-refractivity contribution in [2.75, 3.05) is 5.32 Å². The number of anilines is 1. The molecule has 2 rings (SSSR count). The lowest BCUT2D eigenvalue weighted by molar-refractivity contribution is -0.0580. The molecule has 26 heavy (non-hydrogen) atoms. The van der Waals surface area contributed by atoms with Crippen molar-refractivity contribution in [2.24, 2.45) is 4.99 Å². The third-order valence-corrected chi connectivity index (χ3v) is 4.06. The number of rotatable bonds is 5. The zero-order chi connectivity index (χ0) is 19.3. The Bertz CT molecular complexity index is 786. The van der Waals surface area contributed by atoms with Crippen LogP contribution in [0.4, 0.5) is 18.9 Å². The Labute approximate surface area is 152 Å². The van der Waals surface area contributed by atoms with Gasteiger partial charge < -0.3 is 5.32 Å². The number of aryl methyl sites for hydroxylation is 2. The summed E-state index contributed by atoms with van der Waals surface area (Å²) >= 11 is 0. The number of benzene rings is 2. The zero-order valence-corrected chi connectivity index (χ0v) is 15.4. The first kappa shape index (κ1) is 19.8. The van der Waals surface area contributed by atoms with Crippen molar-refractivity contribution < 1.29 is 13.2 Å². The summed E-state index contributed by atoms with van der Waals surface area (Å²) in [6.07, 6.45) is -3.46. The quantitative estimate of drug-likeness (QED) is 0.614. The van der Waals surface area contributed by atoms with E-state index in [0.717, 1.165) is 28.5 Å². The SMILES string of the molecule is C/C(=C/C(=N[C@@H](C)c1ccccc1)C(F)(F)F)Nc1c(C)cccc1C. The highest BCUT2D eigenvalue weighted by atomic mass is 19.4. The Morgan fingerprint density at radius 2 is 1.58 bits per heavy atom. The van der Waals surface area contributed by atoms with Crippen LogP contribution in [0.15, 0.2) is 65.3 Å².